The van der Waals surface area contributed by atoms with Crippen LogP contribution in [0.4, 0.5) is 0 Å². The molecule has 0 amide bonds. The first-order valence-electron chi connectivity index (χ1n) is 7.24. The molecule has 3 heteroatoms. The Morgan fingerprint density at radius 1 is 1.11 bits per heavy atom. The minimum atomic E-state index is 0.147. The molecule has 0 radical (unpaired) electrons. The quantitative estimate of drug-likeness (QED) is 0.660. The van der Waals surface area contributed by atoms with Crippen molar-refractivity contribution < 1.29 is 9.47 Å². The number of rotatable bonds is 10. The lowest BCUT2D eigenvalue weighted by Gasteiger charge is -2.13. The number of hydrogen-bond acceptors (Lipinski definition) is 3. The van der Waals surface area contributed by atoms with E-state index < -0.39 is 0 Å². The summed E-state index contributed by atoms with van der Waals surface area (Å²) in [5, 5.41) is 3.33. The summed E-state index contributed by atoms with van der Waals surface area (Å²) in [6, 6.07) is 8.66. The normalized spacial score (nSPS) is 12.6. The predicted molar refractivity (Wildman–Crippen MR) is 79.4 cm³/mol. The molecule has 0 aliphatic heterocycles. The molecule has 108 valence electrons. The van der Waals surface area contributed by atoms with Crippen molar-refractivity contribution >= 4 is 0 Å². The van der Waals surface area contributed by atoms with Crippen LogP contribution >= 0.6 is 0 Å². The molecular formula is C16H27NO2. The maximum absolute atomic E-state index is 5.73. The zero-order valence-corrected chi connectivity index (χ0v) is 12.4. The van der Waals surface area contributed by atoms with E-state index in [1.165, 1.54) is 11.1 Å². The van der Waals surface area contributed by atoms with Gasteiger partial charge in [0.25, 0.3) is 0 Å². The topological polar surface area (TPSA) is 30.5 Å². The van der Waals surface area contributed by atoms with Crippen molar-refractivity contribution in [2.45, 2.75) is 39.9 Å². The lowest BCUT2D eigenvalue weighted by atomic mass is 10.1. The number of nitrogens with one attached hydrogen (secondary N) is 1. The highest BCUT2D eigenvalue weighted by atomic mass is 16.5. The summed E-state index contributed by atoms with van der Waals surface area (Å²) in [5.41, 5.74) is 2.59. The molecule has 0 bridgehead atoms. The van der Waals surface area contributed by atoms with Crippen LogP contribution in [0.3, 0.4) is 0 Å². The van der Waals surface area contributed by atoms with Crippen molar-refractivity contribution in [3.63, 3.8) is 0 Å². The van der Waals surface area contributed by atoms with Crippen LogP contribution in [0.15, 0.2) is 24.3 Å². The number of likely N-dealkylation sites (N-methyl/N-ethyl adjacent to an activating group) is 1. The van der Waals surface area contributed by atoms with E-state index in [4.69, 9.17) is 9.47 Å². The molecule has 1 N–H and O–H groups in total. The molecule has 19 heavy (non-hydrogen) atoms. The molecule has 1 aromatic rings. The van der Waals surface area contributed by atoms with Gasteiger partial charge in [-0.3, -0.25) is 0 Å². The fourth-order valence-electron chi connectivity index (χ4n) is 1.78. The van der Waals surface area contributed by atoms with Crippen molar-refractivity contribution in [2.24, 2.45) is 0 Å². The third-order valence-corrected chi connectivity index (χ3v) is 2.95. The predicted octanol–water partition coefficient (Wildman–Crippen LogP) is 2.78. The summed E-state index contributed by atoms with van der Waals surface area (Å²) in [6.45, 7) is 10.3. The highest BCUT2D eigenvalue weighted by Gasteiger charge is 2.02. The standard InChI is InChI=1S/C16H27NO2/c1-4-17-11-10-15-6-8-16(9-7-15)13-19-14(3)12-18-5-2/h6-9,14,17H,4-5,10-13H2,1-3H3. The van der Waals surface area contributed by atoms with E-state index in [0.29, 0.717) is 13.2 Å². The van der Waals surface area contributed by atoms with Gasteiger partial charge in [-0.2, -0.15) is 0 Å². The highest BCUT2D eigenvalue weighted by Crippen LogP contribution is 2.07. The van der Waals surface area contributed by atoms with Crippen LogP contribution in [0.5, 0.6) is 0 Å². The second kappa shape index (κ2) is 9.96. The molecule has 1 aromatic carbocycles. The summed E-state index contributed by atoms with van der Waals surface area (Å²) in [4.78, 5) is 0. The first-order chi connectivity index (χ1) is 9.26. The zero-order valence-electron chi connectivity index (χ0n) is 12.4. The Hall–Kier alpha value is -0.900. The maximum Gasteiger partial charge on any atom is 0.0785 e. The SMILES string of the molecule is CCNCCc1ccc(COC(C)COCC)cc1. The van der Waals surface area contributed by atoms with Crippen molar-refractivity contribution in [1.82, 2.24) is 5.32 Å². The molecule has 0 aliphatic rings. The third kappa shape index (κ3) is 7.31. The van der Waals surface area contributed by atoms with Gasteiger partial charge >= 0.3 is 0 Å². The molecule has 0 saturated carbocycles. The summed E-state index contributed by atoms with van der Waals surface area (Å²) in [7, 11) is 0. The van der Waals surface area contributed by atoms with E-state index in [0.717, 1.165) is 26.1 Å². The lowest BCUT2D eigenvalue weighted by Crippen LogP contribution is -2.16. The number of benzene rings is 1. The number of ether oxygens (including phenoxy) is 2. The highest BCUT2D eigenvalue weighted by molar-refractivity contribution is 5.22. The molecule has 0 heterocycles. The average Bonchev–Trinajstić information content (AvgIpc) is 2.44. The molecule has 3 nitrogen and oxygen atoms in total. The molecule has 1 atom stereocenters. The van der Waals surface area contributed by atoms with Crippen LogP contribution in [0, 0.1) is 0 Å². The minimum absolute atomic E-state index is 0.147. The molecular weight excluding hydrogens is 238 g/mol. The Morgan fingerprint density at radius 2 is 1.79 bits per heavy atom. The van der Waals surface area contributed by atoms with E-state index in [1.54, 1.807) is 0 Å². The lowest BCUT2D eigenvalue weighted by molar-refractivity contribution is -0.0116. The monoisotopic (exact) mass is 265 g/mol. The Balaban J connectivity index is 2.27. The van der Waals surface area contributed by atoms with Gasteiger partial charge in [0.15, 0.2) is 0 Å². The van der Waals surface area contributed by atoms with E-state index in [-0.39, 0.29) is 6.10 Å². The van der Waals surface area contributed by atoms with Crippen molar-refractivity contribution in [3.8, 4) is 0 Å². The summed E-state index contributed by atoms with van der Waals surface area (Å²) >= 11 is 0. The van der Waals surface area contributed by atoms with Gasteiger partial charge in [0, 0.05) is 6.61 Å². The van der Waals surface area contributed by atoms with Crippen LogP contribution in [0.1, 0.15) is 31.9 Å². The third-order valence-electron chi connectivity index (χ3n) is 2.95. The fraction of sp³-hybridized carbons (Fsp3) is 0.625. The summed E-state index contributed by atoms with van der Waals surface area (Å²) in [6.07, 6.45) is 1.23. The number of hydrogen-bond donors (Lipinski definition) is 1. The Labute approximate surface area is 117 Å². The van der Waals surface area contributed by atoms with Gasteiger partial charge in [0.1, 0.15) is 0 Å². The van der Waals surface area contributed by atoms with Crippen molar-refractivity contribution in [3.05, 3.63) is 35.4 Å². The van der Waals surface area contributed by atoms with Gasteiger partial charge < -0.3 is 14.8 Å². The molecule has 0 saturated heterocycles. The molecule has 0 fully saturated rings. The molecule has 0 spiro atoms. The Kier molecular flexibility index (Phi) is 8.47. The van der Waals surface area contributed by atoms with Crippen LogP contribution in [0.25, 0.3) is 0 Å². The zero-order chi connectivity index (χ0) is 13.9. The fourth-order valence-corrected chi connectivity index (χ4v) is 1.78. The first kappa shape index (κ1) is 16.2. The van der Waals surface area contributed by atoms with Gasteiger partial charge in [-0.1, -0.05) is 31.2 Å². The summed E-state index contributed by atoms with van der Waals surface area (Å²) < 4.78 is 11.1. The maximum atomic E-state index is 5.73. The Bertz CT molecular complexity index is 324. The van der Waals surface area contributed by atoms with Crippen LogP contribution in [-0.4, -0.2) is 32.4 Å². The van der Waals surface area contributed by atoms with E-state index in [9.17, 15) is 0 Å². The average molecular weight is 265 g/mol. The summed E-state index contributed by atoms with van der Waals surface area (Å²) in [5.74, 6) is 0. The van der Waals surface area contributed by atoms with Gasteiger partial charge in [-0.25, -0.2) is 0 Å². The van der Waals surface area contributed by atoms with Crippen molar-refractivity contribution in [1.29, 1.82) is 0 Å². The molecule has 1 rings (SSSR count). The van der Waals surface area contributed by atoms with E-state index >= 15 is 0 Å². The minimum Gasteiger partial charge on any atom is -0.379 e. The van der Waals surface area contributed by atoms with E-state index in [2.05, 4.69) is 36.5 Å². The van der Waals surface area contributed by atoms with Crippen molar-refractivity contribution in [2.75, 3.05) is 26.3 Å². The molecule has 0 aromatic heterocycles. The second-order valence-corrected chi connectivity index (χ2v) is 4.70. The molecule has 0 aliphatic carbocycles. The van der Waals surface area contributed by atoms with Crippen LogP contribution in [-0.2, 0) is 22.5 Å². The van der Waals surface area contributed by atoms with Gasteiger partial charge in [-0.05, 0) is 44.5 Å². The smallest absolute Gasteiger partial charge is 0.0785 e. The largest absolute Gasteiger partial charge is 0.379 e. The van der Waals surface area contributed by atoms with E-state index in [1.807, 2.05) is 13.8 Å². The second-order valence-electron chi connectivity index (χ2n) is 4.70. The first-order valence-corrected chi connectivity index (χ1v) is 7.24. The van der Waals surface area contributed by atoms with Gasteiger partial charge in [0.05, 0.1) is 19.3 Å². The van der Waals surface area contributed by atoms with Gasteiger partial charge in [0.2, 0.25) is 0 Å². The van der Waals surface area contributed by atoms with Crippen LogP contribution < -0.4 is 5.32 Å². The van der Waals surface area contributed by atoms with Gasteiger partial charge in [-0.15, -0.1) is 0 Å². The molecule has 1 unspecified atom stereocenters. The Morgan fingerprint density at radius 3 is 2.42 bits per heavy atom. The van der Waals surface area contributed by atoms with Crippen LogP contribution in [0.2, 0.25) is 0 Å².